The van der Waals surface area contributed by atoms with Gasteiger partial charge in [-0.1, -0.05) is 27.7 Å². The van der Waals surface area contributed by atoms with E-state index in [9.17, 15) is 4.79 Å². The quantitative estimate of drug-likeness (QED) is 0.631. The average Bonchev–Trinajstić information content (AvgIpc) is 2.31. The number of carboxylic acids is 1. The Hall–Kier alpha value is -0.610. The van der Waals surface area contributed by atoms with Gasteiger partial charge in [-0.15, -0.1) is 0 Å². The second-order valence-electron chi connectivity index (χ2n) is 5.30. The SMILES string of the molecule is CCN(CC)CCCC(C)NC(C(=O)O)C(C)C. The maximum atomic E-state index is 11.1. The number of aliphatic carboxylic acids is 1. The summed E-state index contributed by atoms with van der Waals surface area (Å²) in [4.78, 5) is 13.5. The lowest BCUT2D eigenvalue weighted by molar-refractivity contribution is -0.140. The van der Waals surface area contributed by atoms with Gasteiger partial charge >= 0.3 is 5.97 Å². The van der Waals surface area contributed by atoms with E-state index in [0.29, 0.717) is 0 Å². The molecule has 4 nitrogen and oxygen atoms in total. The number of rotatable bonds is 10. The molecule has 0 aromatic rings. The van der Waals surface area contributed by atoms with E-state index >= 15 is 0 Å². The largest absolute Gasteiger partial charge is 0.480 e. The molecule has 0 fully saturated rings. The van der Waals surface area contributed by atoms with Gasteiger partial charge in [-0.3, -0.25) is 4.79 Å². The minimum Gasteiger partial charge on any atom is -0.480 e. The summed E-state index contributed by atoms with van der Waals surface area (Å²) < 4.78 is 0. The molecule has 4 heteroatoms. The number of carboxylic acid groups (broad SMARTS) is 1. The molecule has 2 unspecified atom stereocenters. The lowest BCUT2D eigenvalue weighted by atomic mass is 10.0. The van der Waals surface area contributed by atoms with Gasteiger partial charge in [0.1, 0.15) is 6.04 Å². The van der Waals surface area contributed by atoms with E-state index in [1.807, 2.05) is 13.8 Å². The van der Waals surface area contributed by atoms with Crippen LogP contribution >= 0.6 is 0 Å². The molecule has 0 bridgehead atoms. The van der Waals surface area contributed by atoms with E-state index in [0.717, 1.165) is 32.5 Å². The van der Waals surface area contributed by atoms with Gasteiger partial charge in [0.2, 0.25) is 0 Å². The highest BCUT2D eigenvalue weighted by Gasteiger charge is 2.22. The van der Waals surface area contributed by atoms with Crippen LogP contribution in [0, 0.1) is 5.92 Å². The van der Waals surface area contributed by atoms with Crippen molar-refractivity contribution in [2.45, 2.75) is 59.5 Å². The minimum atomic E-state index is -0.749. The van der Waals surface area contributed by atoms with Crippen molar-refractivity contribution in [3.63, 3.8) is 0 Å². The van der Waals surface area contributed by atoms with Crippen molar-refractivity contribution in [1.29, 1.82) is 0 Å². The number of nitrogens with zero attached hydrogens (tertiary/aromatic N) is 1. The first-order valence-corrected chi connectivity index (χ1v) is 7.13. The van der Waals surface area contributed by atoms with Crippen molar-refractivity contribution < 1.29 is 9.90 Å². The Kier molecular flexibility index (Phi) is 9.02. The molecule has 2 N–H and O–H groups in total. The molecule has 0 aliphatic heterocycles. The van der Waals surface area contributed by atoms with Gasteiger partial charge < -0.3 is 15.3 Å². The molecule has 0 rings (SSSR count). The first kappa shape index (κ1) is 17.4. The van der Waals surface area contributed by atoms with Gasteiger partial charge in [0.25, 0.3) is 0 Å². The highest BCUT2D eigenvalue weighted by atomic mass is 16.4. The fraction of sp³-hybridized carbons (Fsp3) is 0.929. The molecule has 18 heavy (non-hydrogen) atoms. The van der Waals surface area contributed by atoms with Crippen LogP contribution in [-0.4, -0.2) is 47.7 Å². The van der Waals surface area contributed by atoms with Crippen LogP contribution in [-0.2, 0) is 4.79 Å². The van der Waals surface area contributed by atoms with Gasteiger partial charge in [-0.25, -0.2) is 0 Å². The highest BCUT2D eigenvalue weighted by molar-refractivity contribution is 5.73. The third-order valence-corrected chi connectivity index (χ3v) is 3.40. The van der Waals surface area contributed by atoms with Crippen molar-refractivity contribution in [3.8, 4) is 0 Å². The lowest BCUT2D eigenvalue weighted by Crippen LogP contribution is -2.45. The number of hydrogen-bond acceptors (Lipinski definition) is 3. The Morgan fingerprint density at radius 3 is 2.17 bits per heavy atom. The molecule has 0 amide bonds. The molecule has 0 aliphatic rings. The summed E-state index contributed by atoms with van der Waals surface area (Å²) in [5, 5.41) is 12.3. The minimum absolute atomic E-state index is 0.118. The second-order valence-corrected chi connectivity index (χ2v) is 5.30. The van der Waals surface area contributed by atoms with Gasteiger partial charge in [0, 0.05) is 6.04 Å². The summed E-state index contributed by atoms with van der Waals surface area (Å²) >= 11 is 0. The number of nitrogens with one attached hydrogen (secondary N) is 1. The van der Waals surface area contributed by atoms with Crippen LogP contribution in [0.1, 0.15) is 47.5 Å². The first-order chi connectivity index (χ1) is 8.42. The maximum absolute atomic E-state index is 11.1. The van der Waals surface area contributed by atoms with Crippen LogP contribution in [0.5, 0.6) is 0 Å². The molecule has 0 heterocycles. The summed E-state index contributed by atoms with van der Waals surface area (Å²) in [6, 6.07) is -0.183. The number of carbonyl (C=O) groups is 1. The van der Waals surface area contributed by atoms with Crippen molar-refractivity contribution in [2.24, 2.45) is 5.92 Å². The van der Waals surface area contributed by atoms with E-state index in [2.05, 4.69) is 31.0 Å². The summed E-state index contributed by atoms with van der Waals surface area (Å²) in [6.07, 6.45) is 2.13. The zero-order valence-corrected chi connectivity index (χ0v) is 12.6. The molecule has 0 saturated heterocycles. The summed E-state index contributed by atoms with van der Waals surface area (Å²) in [5.41, 5.74) is 0. The van der Waals surface area contributed by atoms with E-state index in [4.69, 9.17) is 5.11 Å². The van der Waals surface area contributed by atoms with Gasteiger partial charge in [-0.2, -0.15) is 0 Å². The van der Waals surface area contributed by atoms with E-state index in [-0.39, 0.29) is 12.0 Å². The molecule has 0 saturated carbocycles. The Labute approximate surface area is 112 Å². The van der Waals surface area contributed by atoms with Crippen molar-refractivity contribution >= 4 is 5.97 Å². The highest BCUT2D eigenvalue weighted by Crippen LogP contribution is 2.06. The smallest absolute Gasteiger partial charge is 0.320 e. The van der Waals surface area contributed by atoms with Gasteiger partial charge in [0.15, 0.2) is 0 Å². The van der Waals surface area contributed by atoms with Crippen LogP contribution in [0.4, 0.5) is 0 Å². The molecule has 2 atom stereocenters. The van der Waals surface area contributed by atoms with Gasteiger partial charge in [0.05, 0.1) is 0 Å². The summed E-state index contributed by atoms with van der Waals surface area (Å²) in [7, 11) is 0. The fourth-order valence-electron chi connectivity index (χ4n) is 2.10. The predicted octanol–water partition coefficient (Wildman–Crippen LogP) is 2.20. The molecular weight excluding hydrogens is 228 g/mol. The van der Waals surface area contributed by atoms with E-state index < -0.39 is 12.0 Å². The molecule has 0 aromatic carbocycles. The maximum Gasteiger partial charge on any atom is 0.320 e. The van der Waals surface area contributed by atoms with Crippen molar-refractivity contribution in [3.05, 3.63) is 0 Å². The predicted molar refractivity (Wildman–Crippen MR) is 75.9 cm³/mol. The average molecular weight is 258 g/mol. The van der Waals surface area contributed by atoms with Gasteiger partial charge in [-0.05, 0) is 45.3 Å². The standard InChI is InChI=1S/C14H30N2O2/c1-6-16(7-2)10-8-9-12(5)15-13(11(3)4)14(17)18/h11-13,15H,6-10H2,1-5H3,(H,17,18). The Balaban J connectivity index is 3.95. The summed E-state index contributed by atoms with van der Waals surface area (Å²) in [6.45, 7) is 13.6. The monoisotopic (exact) mass is 258 g/mol. The molecule has 0 aromatic heterocycles. The normalized spacial score (nSPS) is 15.1. The topological polar surface area (TPSA) is 52.6 Å². The van der Waals surface area contributed by atoms with Crippen LogP contribution in [0.15, 0.2) is 0 Å². The third-order valence-electron chi connectivity index (χ3n) is 3.40. The van der Waals surface area contributed by atoms with E-state index in [1.54, 1.807) is 0 Å². The molecule has 0 radical (unpaired) electrons. The first-order valence-electron chi connectivity index (χ1n) is 7.13. The van der Waals surface area contributed by atoms with Crippen LogP contribution in [0.3, 0.4) is 0 Å². The fourth-order valence-corrected chi connectivity index (χ4v) is 2.10. The van der Waals surface area contributed by atoms with Crippen LogP contribution < -0.4 is 5.32 Å². The number of hydrogen-bond donors (Lipinski definition) is 2. The zero-order valence-electron chi connectivity index (χ0n) is 12.6. The summed E-state index contributed by atoms with van der Waals surface area (Å²) in [5.74, 6) is -0.631. The van der Waals surface area contributed by atoms with Crippen LogP contribution in [0.25, 0.3) is 0 Å². The molecular formula is C14H30N2O2. The molecule has 108 valence electrons. The van der Waals surface area contributed by atoms with Crippen molar-refractivity contribution in [1.82, 2.24) is 10.2 Å². The lowest BCUT2D eigenvalue weighted by Gasteiger charge is -2.24. The Morgan fingerprint density at radius 1 is 1.22 bits per heavy atom. The third kappa shape index (κ3) is 6.97. The van der Waals surface area contributed by atoms with Crippen molar-refractivity contribution in [2.75, 3.05) is 19.6 Å². The Morgan fingerprint density at radius 2 is 1.78 bits per heavy atom. The molecule has 0 aliphatic carbocycles. The second kappa shape index (κ2) is 9.34. The zero-order chi connectivity index (χ0) is 14.1. The van der Waals surface area contributed by atoms with Crippen LogP contribution in [0.2, 0.25) is 0 Å². The van der Waals surface area contributed by atoms with E-state index in [1.165, 1.54) is 0 Å². The molecule has 0 spiro atoms. The Bertz CT molecular complexity index is 228.